The fraction of sp³-hybridized carbons (Fsp3) is 0.286. The highest BCUT2D eigenvalue weighted by Crippen LogP contribution is 2.41. The molecule has 3 aliphatic rings. The molecule has 1 amide bonds. The Labute approximate surface area is 273 Å². The molecule has 0 atom stereocenters. The summed E-state index contributed by atoms with van der Waals surface area (Å²) in [7, 11) is 3.93. The first-order valence-electron chi connectivity index (χ1n) is 15.6. The minimum absolute atomic E-state index is 0.00907. The Morgan fingerprint density at radius 3 is 2.91 bits per heavy atom. The van der Waals surface area contributed by atoms with Crippen LogP contribution in [0.4, 0.5) is 21.6 Å². The van der Waals surface area contributed by atoms with Gasteiger partial charge in [0.2, 0.25) is 23.1 Å². The smallest absolute Gasteiger partial charge is 0.248 e. The third kappa shape index (κ3) is 6.92. The van der Waals surface area contributed by atoms with Gasteiger partial charge in [0.15, 0.2) is 24.7 Å². The first-order valence-corrected chi connectivity index (χ1v) is 15.6. The number of benzene rings is 2. The molecule has 0 fully saturated rings. The number of aromatic nitrogens is 2. The van der Waals surface area contributed by atoms with Gasteiger partial charge in [-0.05, 0) is 51.7 Å². The molecule has 242 valence electrons. The van der Waals surface area contributed by atoms with E-state index in [1.54, 1.807) is 41.7 Å². The molecule has 0 spiro atoms. The van der Waals surface area contributed by atoms with Crippen LogP contribution in [-0.2, 0) is 4.79 Å². The lowest BCUT2D eigenvalue weighted by atomic mass is 10.1. The molecular formula is C35H38FN8O3+. The second kappa shape index (κ2) is 14.0. The van der Waals surface area contributed by atoms with Crippen LogP contribution in [0.15, 0.2) is 89.8 Å². The van der Waals surface area contributed by atoms with Crippen LogP contribution in [0.5, 0.6) is 11.5 Å². The molecule has 0 unspecified atom stereocenters. The summed E-state index contributed by atoms with van der Waals surface area (Å²) in [5.41, 5.74) is 3.92. The van der Waals surface area contributed by atoms with Crippen molar-refractivity contribution in [3.05, 3.63) is 90.5 Å². The number of hydrogen-bond donors (Lipinski definition) is 1. The Bertz CT molecular complexity index is 1880. The monoisotopic (exact) mass is 637 g/mol. The maximum absolute atomic E-state index is 15.3. The van der Waals surface area contributed by atoms with Crippen molar-refractivity contribution in [1.29, 1.82) is 0 Å². The van der Waals surface area contributed by atoms with E-state index in [2.05, 4.69) is 25.0 Å². The van der Waals surface area contributed by atoms with E-state index in [0.717, 1.165) is 23.5 Å². The standard InChI is InChI=1S/C35H38FN8O3/c1-5-8-25-20-27(14-16-44(25)39-6-2)47-31-13-10-24(19-28(31)36)40-35-33-29(37-23-38-35)11-12-30-34(33)46-22-26-21-42(17-18-43(26)30)32(45)9-7-15-41(3)4/h6-14,16,19-20,23H,5,15,17-18,21-22H2,1-4H3,(H,37,38,40)/q+1/b9-7+,25-8+,39-6-. The molecular weight excluding hydrogens is 599 g/mol. The fourth-order valence-electron chi connectivity index (χ4n) is 5.63. The van der Waals surface area contributed by atoms with Crippen LogP contribution in [0.1, 0.15) is 20.3 Å². The van der Waals surface area contributed by atoms with Gasteiger partial charge in [0.25, 0.3) is 0 Å². The van der Waals surface area contributed by atoms with Gasteiger partial charge in [0.05, 0.1) is 23.1 Å². The highest BCUT2D eigenvalue weighted by molar-refractivity contribution is 6.01. The van der Waals surface area contributed by atoms with Crippen LogP contribution >= 0.6 is 0 Å². The Hall–Kier alpha value is -5.36. The predicted octanol–water partition coefficient (Wildman–Crippen LogP) is 5.34. The van der Waals surface area contributed by atoms with Gasteiger partial charge in [-0.3, -0.25) is 4.79 Å². The SMILES string of the molecule is C/C=N\N1C=CC(Oc2ccc(Nc3ncnc4ccc5c(c34)OCC3=[N+]5CCN(C(=O)/C=C/CN(C)C)C3)cc2F)=C/C1=C\CC. The zero-order valence-electron chi connectivity index (χ0n) is 27.0. The van der Waals surface area contributed by atoms with Gasteiger partial charge >= 0.3 is 0 Å². The maximum atomic E-state index is 15.3. The molecule has 2 aromatic carbocycles. The third-order valence-corrected chi connectivity index (χ3v) is 7.81. The van der Waals surface area contributed by atoms with E-state index in [9.17, 15) is 4.79 Å². The van der Waals surface area contributed by atoms with Gasteiger partial charge in [-0.2, -0.15) is 9.68 Å². The average Bonchev–Trinajstić information content (AvgIpc) is 3.06. The molecule has 11 nitrogen and oxygen atoms in total. The lowest BCUT2D eigenvalue weighted by molar-refractivity contribution is -0.453. The van der Waals surface area contributed by atoms with Crippen LogP contribution < -0.4 is 14.8 Å². The van der Waals surface area contributed by atoms with Crippen LogP contribution in [0, 0.1) is 5.82 Å². The molecule has 0 saturated heterocycles. The number of halogens is 1. The van der Waals surface area contributed by atoms with Gasteiger partial charge in [0, 0.05) is 48.9 Å². The minimum atomic E-state index is -0.529. The van der Waals surface area contributed by atoms with Gasteiger partial charge in [-0.15, -0.1) is 0 Å². The lowest BCUT2D eigenvalue weighted by Gasteiger charge is -2.29. The predicted molar refractivity (Wildman–Crippen MR) is 181 cm³/mol. The van der Waals surface area contributed by atoms with Gasteiger partial charge < -0.3 is 24.6 Å². The number of anilines is 2. The van der Waals surface area contributed by atoms with Crippen LogP contribution in [0.3, 0.4) is 0 Å². The number of fused-ring (bicyclic) bond motifs is 4. The lowest BCUT2D eigenvalue weighted by Crippen LogP contribution is -2.48. The number of carbonyl (C=O) groups excluding carboxylic acids is 1. The number of hydrazone groups is 1. The molecule has 3 aromatic rings. The van der Waals surface area contributed by atoms with Crippen molar-refractivity contribution in [3.63, 3.8) is 0 Å². The molecule has 0 aliphatic carbocycles. The molecule has 12 heteroatoms. The van der Waals surface area contributed by atoms with Crippen molar-refractivity contribution in [2.24, 2.45) is 5.10 Å². The first-order chi connectivity index (χ1) is 22.8. The summed E-state index contributed by atoms with van der Waals surface area (Å²) < 4.78 is 29.8. The van der Waals surface area contributed by atoms with E-state index in [0.29, 0.717) is 66.7 Å². The summed E-state index contributed by atoms with van der Waals surface area (Å²) in [6, 6.07) is 8.60. The molecule has 47 heavy (non-hydrogen) atoms. The summed E-state index contributed by atoms with van der Waals surface area (Å²) in [4.78, 5) is 25.6. The number of nitrogens with one attached hydrogen (secondary N) is 1. The summed E-state index contributed by atoms with van der Waals surface area (Å²) in [5.74, 6) is 1.20. The van der Waals surface area contributed by atoms with Crippen molar-refractivity contribution in [2.75, 3.05) is 52.2 Å². The van der Waals surface area contributed by atoms with Crippen molar-refractivity contribution < 1.29 is 23.2 Å². The van der Waals surface area contributed by atoms with Crippen LogP contribution in [0.2, 0.25) is 0 Å². The van der Waals surface area contributed by atoms with Gasteiger partial charge in [-0.1, -0.05) is 19.1 Å². The van der Waals surface area contributed by atoms with Crippen molar-refractivity contribution in [1.82, 2.24) is 24.8 Å². The molecule has 1 aromatic heterocycles. The third-order valence-electron chi connectivity index (χ3n) is 7.81. The summed E-state index contributed by atoms with van der Waals surface area (Å²) >= 11 is 0. The number of nitrogens with zero attached hydrogens (tertiary/aromatic N) is 7. The first kappa shape index (κ1) is 31.6. The number of ether oxygens (including phenoxy) is 2. The van der Waals surface area contributed by atoms with Crippen LogP contribution in [0.25, 0.3) is 10.9 Å². The molecule has 6 rings (SSSR count). The summed E-state index contributed by atoms with van der Waals surface area (Å²) in [5, 5.41) is 10.0. The van der Waals surface area contributed by atoms with Crippen molar-refractivity contribution >= 4 is 45.9 Å². The molecule has 1 N–H and O–H groups in total. The van der Waals surface area contributed by atoms with Crippen LogP contribution in [-0.4, -0.2) is 94.1 Å². The van der Waals surface area contributed by atoms with Crippen molar-refractivity contribution in [3.8, 4) is 11.5 Å². The number of amides is 1. The van der Waals surface area contributed by atoms with E-state index in [-0.39, 0.29) is 11.7 Å². The Morgan fingerprint density at radius 2 is 2.13 bits per heavy atom. The molecule has 3 aliphatic heterocycles. The normalized spacial score (nSPS) is 17.1. The quantitative estimate of drug-likeness (QED) is 0.191. The Kier molecular flexibility index (Phi) is 9.39. The molecule has 0 radical (unpaired) electrons. The molecule has 4 heterocycles. The number of hydrogen-bond acceptors (Lipinski definition) is 9. The number of carbonyl (C=O) groups is 1. The summed E-state index contributed by atoms with van der Waals surface area (Å²) in [6.07, 6.45) is 14.9. The summed E-state index contributed by atoms with van der Waals surface area (Å²) in [6.45, 7) is 6.63. The highest BCUT2D eigenvalue weighted by atomic mass is 19.1. The number of allylic oxidation sites excluding steroid dienone is 3. The Balaban J connectivity index is 1.22. The Morgan fingerprint density at radius 1 is 1.26 bits per heavy atom. The van der Waals surface area contributed by atoms with E-state index < -0.39 is 5.82 Å². The topological polar surface area (TPSA) is 98.4 Å². The second-order valence-corrected chi connectivity index (χ2v) is 11.5. The van der Waals surface area contributed by atoms with E-state index in [1.165, 1.54) is 12.4 Å². The maximum Gasteiger partial charge on any atom is 0.248 e. The van der Waals surface area contributed by atoms with E-state index in [1.807, 2.05) is 68.1 Å². The zero-order chi connectivity index (χ0) is 32.9. The number of likely N-dealkylation sites (N-methyl/N-ethyl adjacent to an activating group) is 1. The second-order valence-electron chi connectivity index (χ2n) is 11.5. The fourth-order valence-corrected chi connectivity index (χ4v) is 5.63. The minimum Gasteiger partial charge on any atom is -0.475 e. The van der Waals surface area contributed by atoms with Crippen molar-refractivity contribution in [2.45, 2.75) is 20.3 Å². The van der Waals surface area contributed by atoms with Gasteiger partial charge in [-0.25, -0.2) is 19.4 Å². The molecule has 0 saturated carbocycles. The van der Waals surface area contributed by atoms with E-state index >= 15 is 4.39 Å². The largest absolute Gasteiger partial charge is 0.475 e. The number of rotatable bonds is 9. The van der Waals surface area contributed by atoms with Gasteiger partial charge in [0.1, 0.15) is 24.4 Å². The van der Waals surface area contributed by atoms with E-state index in [4.69, 9.17) is 9.47 Å². The zero-order valence-corrected chi connectivity index (χ0v) is 27.0. The average molecular weight is 638 g/mol. The highest BCUT2D eigenvalue weighted by Gasteiger charge is 2.36. The molecule has 0 bridgehead atoms.